The van der Waals surface area contributed by atoms with E-state index in [0.717, 1.165) is 37.3 Å². The van der Waals surface area contributed by atoms with Crippen molar-refractivity contribution >= 4 is 17.7 Å². The number of carboxylic acid groups (broad SMARTS) is 1. The molecule has 0 spiro atoms. The van der Waals surface area contributed by atoms with Crippen LogP contribution < -0.4 is 0 Å². The lowest BCUT2D eigenvalue weighted by atomic mass is 10.0. The van der Waals surface area contributed by atoms with Crippen molar-refractivity contribution in [2.45, 2.75) is 39.2 Å². The molecule has 6 heteroatoms. The zero-order chi connectivity index (χ0) is 21.9. The number of aliphatic carboxylic acids is 1. The molecule has 5 nitrogen and oxygen atoms in total. The average Bonchev–Trinajstić information content (AvgIpc) is 3.24. The third-order valence-corrected chi connectivity index (χ3v) is 5.93. The van der Waals surface area contributed by atoms with Crippen molar-refractivity contribution in [3.8, 4) is 11.1 Å². The van der Waals surface area contributed by atoms with Gasteiger partial charge in [0.25, 0.3) is 0 Å². The van der Waals surface area contributed by atoms with E-state index < -0.39 is 5.97 Å². The van der Waals surface area contributed by atoms with Crippen LogP contribution in [0.2, 0.25) is 0 Å². The number of allylic oxidation sites excluding steroid dienone is 1. The molecule has 0 saturated heterocycles. The van der Waals surface area contributed by atoms with Crippen LogP contribution in [-0.2, 0) is 24.2 Å². The van der Waals surface area contributed by atoms with Crippen LogP contribution in [0, 0.1) is 0 Å². The van der Waals surface area contributed by atoms with Crippen LogP contribution in [0.25, 0.3) is 11.1 Å². The first-order valence-electron chi connectivity index (χ1n) is 10.6. The molecule has 0 unspecified atom stereocenters. The second-order valence-corrected chi connectivity index (χ2v) is 8.71. The van der Waals surface area contributed by atoms with E-state index in [2.05, 4.69) is 71.8 Å². The molecular formula is C25H29N3O2S. The van der Waals surface area contributed by atoms with E-state index in [4.69, 9.17) is 5.11 Å². The highest BCUT2D eigenvalue weighted by atomic mass is 32.2. The van der Waals surface area contributed by atoms with Crippen LogP contribution in [0.4, 0.5) is 0 Å². The Hall–Kier alpha value is -2.86. The van der Waals surface area contributed by atoms with Gasteiger partial charge in [-0.25, -0.2) is 0 Å². The number of thioether (sulfide) groups is 1. The molecule has 0 saturated carbocycles. The maximum absolute atomic E-state index is 10.5. The van der Waals surface area contributed by atoms with Gasteiger partial charge in [-0.2, -0.15) is 11.8 Å². The number of hydrogen-bond donors (Lipinski definition) is 1. The summed E-state index contributed by atoms with van der Waals surface area (Å²) >= 11 is 1.65. The fourth-order valence-corrected chi connectivity index (χ4v) is 4.10. The summed E-state index contributed by atoms with van der Waals surface area (Å²) in [6.07, 6.45) is 7.15. The molecule has 0 radical (unpaired) electrons. The molecule has 162 valence electrons. The SMILES string of the molecule is C/C(=C\CSCCC(=O)O)CCn1cc(CCc2cccc(-c3ccccc3)c2)nn1. The topological polar surface area (TPSA) is 68.0 Å². The zero-order valence-electron chi connectivity index (χ0n) is 17.9. The van der Waals surface area contributed by atoms with Gasteiger partial charge in [0.05, 0.1) is 12.1 Å². The second-order valence-electron chi connectivity index (χ2n) is 7.56. The Labute approximate surface area is 188 Å². The molecule has 0 atom stereocenters. The van der Waals surface area contributed by atoms with E-state index in [1.807, 2.05) is 16.9 Å². The van der Waals surface area contributed by atoms with E-state index in [-0.39, 0.29) is 6.42 Å². The maximum Gasteiger partial charge on any atom is 0.304 e. The zero-order valence-corrected chi connectivity index (χ0v) is 18.7. The summed E-state index contributed by atoms with van der Waals surface area (Å²) < 4.78 is 1.91. The Morgan fingerprint density at radius 3 is 2.68 bits per heavy atom. The van der Waals surface area contributed by atoms with Gasteiger partial charge in [-0.3, -0.25) is 9.48 Å². The molecule has 1 heterocycles. The molecule has 0 fully saturated rings. The van der Waals surface area contributed by atoms with Gasteiger partial charge >= 0.3 is 5.97 Å². The lowest BCUT2D eigenvalue weighted by Crippen LogP contribution is -1.99. The maximum atomic E-state index is 10.5. The van der Waals surface area contributed by atoms with Crippen LogP contribution in [0.15, 0.2) is 72.4 Å². The van der Waals surface area contributed by atoms with Crippen LogP contribution in [0.1, 0.15) is 31.0 Å². The normalized spacial score (nSPS) is 11.6. The summed E-state index contributed by atoms with van der Waals surface area (Å²) in [7, 11) is 0. The van der Waals surface area contributed by atoms with Crippen molar-refractivity contribution in [1.29, 1.82) is 0 Å². The minimum atomic E-state index is -0.737. The van der Waals surface area contributed by atoms with Crippen molar-refractivity contribution in [1.82, 2.24) is 15.0 Å². The van der Waals surface area contributed by atoms with Crippen LogP contribution in [-0.4, -0.2) is 37.6 Å². The van der Waals surface area contributed by atoms with Crippen LogP contribution in [0.3, 0.4) is 0 Å². The fourth-order valence-electron chi connectivity index (χ4n) is 3.21. The smallest absolute Gasteiger partial charge is 0.304 e. The first-order chi connectivity index (χ1) is 15.1. The molecule has 2 aromatic carbocycles. The molecule has 31 heavy (non-hydrogen) atoms. The molecule has 3 rings (SSSR count). The van der Waals surface area contributed by atoms with Crippen molar-refractivity contribution < 1.29 is 9.90 Å². The first kappa shape index (κ1) is 22.8. The molecule has 0 amide bonds. The van der Waals surface area contributed by atoms with Gasteiger partial charge in [0.1, 0.15) is 0 Å². The van der Waals surface area contributed by atoms with E-state index in [9.17, 15) is 4.79 Å². The monoisotopic (exact) mass is 435 g/mol. The third-order valence-electron chi connectivity index (χ3n) is 5.04. The Balaban J connectivity index is 1.44. The lowest BCUT2D eigenvalue weighted by molar-refractivity contribution is -0.136. The van der Waals surface area contributed by atoms with E-state index in [0.29, 0.717) is 5.75 Å². The van der Waals surface area contributed by atoms with Crippen molar-refractivity contribution in [2.75, 3.05) is 11.5 Å². The molecule has 0 aliphatic heterocycles. The van der Waals surface area contributed by atoms with E-state index in [1.165, 1.54) is 22.3 Å². The fraction of sp³-hybridized carbons (Fsp3) is 0.320. The molecule has 0 aliphatic carbocycles. The number of hydrogen-bond acceptors (Lipinski definition) is 4. The highest BCUT2D eigenvalue weighted by Gasteiger charge is 2.04. The Morgan fingerprint density at radius 2 is 1.87 bits per heavy atom. The Morgan fingerprint density at radius 1 is 1.06 bits per heavy atom. The van der Waals surface area contributed by atoms with Crippen LogP contribution in [0.5, 0.6) is 0 Å². The summed E-state index contributed by atoms with van der Waals surface area (Å²) in [5, 5.41) is 17.2. The van der Waals surface area contributed by atoms with Crippen molar-refractivity contribution in [3.63, 3.8) is 0 Å². The summed E-state index contributed by atoms with van der Waals surface area (Å²) in [6.45, 7) is 2.91. The molecule has 1 N–H and O–H groups in total. The quantitative estimate of drug-likeness (QED) is 0.310. The van der Waals surface area contributed by atoms with Crippen LogP contribution >= 0.6 is 11.8 Å². The van der Waals surface area contributed by atoms with Gasteiger partial charge in [-0.1, -0.05) is 71.5 Å². The van der Waals surface area contributed by atoms with Gasteiger partial charge in [0.15, 0.2) is 0 Å². The molecular weight excluding hydrogens is 406 g/mol. The highest BCUT2D eigenvalue weighted by molar-refractivity contribution is 7.99. The molecule has 3 aromatic rings. The molecule has 0 aliphatic rings. The van der Waals surface area contributed by atoms with Gasteiger partial charge in [-0.15, -0.1) is 5.10 Å². The predicted octanol–water partition coefficient (Wildman–Crippen LogP) is 5.27. The van der Waals surface area contributed by atoms with Crippen molar-refractivity contribution in [3.05, 3.63) is 83.7 Å². The first-order valence-corrected chi connectivity index (χ1v) is 11.7. The number of carbonyl (C=O) groups is 1. The number of aryl methyl sites for hydroxylation is 3. The largest absolute Gasteiger partial charge is 0.481 e. The van der Waals surface area contributed by atoms with Gasteiger partial charge in [-0.05, 0) is 42.9 Å². The number of aromatic nitrogens is 3. The number of benzene rings is 2. The lowest BCUT2D eigenvalue weighted by Gasteiger charge is -2.05. The predicted molar refractivity (Wildman–Crippen MR) is 127 cm³/mol. The molecule has 1 aromatic heterocycles. The summed E-state index contributed by atoms with van der Waals surface area (Å²) in [4.78, 5) is 10.5. The number of nitrogens with zero attached hydrogens (tertiary/aromatic N) is 3. The molecule has 0 bridgehead atoms. The Bertz CT molecular complexity index is 999. The highest BCUT2D eigenvalue weighted by Crippen LogP contribution is 2.20. The van der Waals surface area contributed by atoms with Gasteiger partial charge < -0.3 is 5.11 Å². The minimum Gasteiger partial charge on any atom is -0.481 e. The second kappa shape index (κ2) is 12.1. The number of rotatable bonds is 12. The Kier molecular flexibility index (Phi) is 8.91. The summed E-state index contributed by atoms with van der Waals surface area (Å²) in [5.74, 6) is 0.767. The number of carboxylic acids is 1. The summed E-state index contributed by atoms with van der Waals surface area (Å²) in [6, 6.07) is 19.1. The summed E-state index contributed by atoms with van der Waals surface area (Å²) in [5.41, 5.74) is 6.08. The van der Waals surface area contributed by atoms with E-state index in [1.54, 1.807) is 11.8 Å². The minimum absolute atomic E-state index is 0.218. The standard InChI is InChI=1S/C25H29N3O2S/c1-20(13-16-31-17-14-25(29)30)12-15-28-19-24(26-27-28)11-10-21-6-5-9-23(18-21)22-7-3-2-4-8-22/h2-9,13,18-19H,10-12,14-17H2,1H3,(H,29,30)/b20-13+. The van der Waals surface area contributed by atoms with Gasteiger partial charge in [0, 0.05) is 24.2 Å². The average molecular weight is 436 g/mol. The van der Waals surface area contributed by atoms with E-state index >= 15 is 0 Å². The van der Waals surface area contributed by atoms with Gasteiger partial charge in [0.2, 0.25) is 0 Å². The third kappa shape index (κ3) is 8.06. The van der Waals surface area contributed by atoms with Crippen molar-refractivity contribution in [2.24, 2.45) is 0 Å².